The lowest BCUT2D eigenvalue weighted by atomic mass is 9.65. The average molecular weight is 446 g/mol. The van der Waals surface area contributed by atoms with Crippen LogP contribution in [0, 0.1) is 18.7 Å². The molecule has 32 heavy (non-hydrogen) atoms. The number of aryl methyl sites for hydroxylation is 1. The van der Waals surface area contributed by atoms with Gasteiger partial charge < -0.3 is 10.6 Å². The van der Waals surface area contributed by atoms with Crippen molar-refractivity contribution in [3.8, 4) is 0 Å². The van der Waals surface area contributed by atoms with E-state index in [1.807, 2.05) is 0 Å². The lowest BCUT2D eigenvalue weighted by Gasteiger charge is -2.56. The molecule has 3 amide bonds. The summed E-state index contributed by atoms with van der Waals surface area (Å²) in [6, 6.07) is 6.66. The van der Waals surface area contributed by atoms with Crippen LogP contribution in [-0.2, 0) is 20.9 Å². The Kier molecular flexibility index (Phi) is 5.39. The van der Waals surface area contributed by atoms with Crippen molar-refractivity contribution in [2.45, 2.75) is 38.3 Å². The second kappa shape index (κ2) is 7.92. The van der Waals surface area contributed by atoms with E-state index in [1.165, 1.54) is 41.4 Å². The first-order chi connectivity index (χ1) is 15.1. The van der Waals surface area contributed by atoms with Crippen molar-refractivity contribution in [1.29, 1.82) is 0 Å². The number of rotatable bonds is 5. The number of nitrogens with zero attached hydrogens (tertiary/aromatic N) is 3. The van der Waals surface area contributed by atoms with Gasteiger partial charge in [0.2, 0.25) is 11.8 Å². The second-order valence-corrected chi connectivity index (χ2v) is 8.27. The van der Waals surface area contributed by atoms with Crippen LogP contribution in [0.2, 0.25) is 0 Å². The lowest BCUT2D eigenvalue weighted by molar-refractivity contribution is -0.164. The zero-order valence-corrected chi connectivity index (χ0v) is 17.2. The first-order valence-electron chi connectivity index (χ1n) is 10.0. The number of amides is 3. The number of pyridine rings is 1. The highest BCUT2D eigenvalue weighted by Gasteiger charge is 2.61. The van der Waals surface area contributed by atoms with Crippen LogP contribution in [0.25, 0.3) is 0 Å². The molecule has 168 valence electrons. The fraction of sp³-hybridized carbons (Fsp3) is 0.364. The van der Waals surface area contributed by atoms with Crippen LogP contribution >= 0.6 is 0 Å². The standard InChI is InChI=1S/C22H21F3N4O3/c1-12-6-16(23)20(27-9-12)28-11-17(30)29(10-13-2-4-14(5-3-13)18(24)25)22(21(28)32)7-15(8-22)19(26)31/h2-6,9,15,18H,7-8,10-11H2,1H3,(H2,26,31). The third-order valence-corrected chi connectivity index (χ3v) is 6.11. The van der Waals surface area contributed by atoms with Crippen LogP contribution in [0.15, 0.2) is 36.5 Å². The topological polar surface area (TPSA) is 96.6 Å². The van der Waals surface area contributed by atoms with Crippen molar-refractivity contribution >= 4 is 23.5 Å². The monoisotopic (exact) mass is 446 g/mol. The average Bonchev–Trinajstić information content (AvgIpc) is 2.70. The Labute approximate surface area is 182 Å². The van der Waals surface area contributed by atoms with Gasteiger partial charge in [0.15, 0.2) is 11.6 Å². The van der Waals surface area contributed by atoms with E-state index in [4.69, 9.17) is 5.73 Å². The number of hydrogen-bond acceptors (Lipinski definition) is 4. The second-order valence-electron chi connectivity index (χ2n) is 8.27. The summed E-state index contributed by atoms with van der Waals surface area (Å²) >= 11 is 0. The molecule has 0 bridgehead atoms. The molecule has 1 saturated carbocycles. The van der Waals surface area contributed by atoms with E-state index in [-0.39, 0.29) is 30.8 Å². The molecule has 2 aliphatic rings. The van der Waals surface area contributed by atoms with Crippen molar-refractivity contribution in [3.63, 3.8) is 0 Å². The molecule has 4 rings (SSSR count). The van der Waals surface area contributed by atoms with Gasteiger partial charge in [-0.1, -0.05) is 24.3 Å². The van der Waals surface area contributed by atoms with Gasteiger partial charge in [0, 0.05) is 24.2 Å². The molecule has 7 nitrogen and oxygen atoms in total. The smallest absolute Gasteiger partial charge is 0.263 e. The van der Waals surface area contributed by atoms with Crippen LogP contribution < -0.4 is 10.6 Å². The fourth-order valence-electron chi connectivity index (χ4n) is 4.34. The number of benzene rings is 1. The van der Waals surface area contributed by atoms with Crippen molar-refractivity contribution in [2.24, 2.45) is 11.7 Å². The summed E-state index contributed by atoms with van der Waals surface area (Å²) in [5.74, 6) is -3.19. The highest BCUT2D eigenvalue weighted by atomic mass is 19.3. The first-order valence-corrected chi connectivity index (χ1v) is 10.0. The molecule has 1 saturated heterocycles. The minimum absolute atomic E-state index is 0.00596. The number of primary amides is 1. The van der Waals surface area contributed by atoms with E-state index >= 15 is 0 Å². The van der Waals surface area contributed by atoms with Crippen LogP contribution in [-0.4, -0.2) is 39.7 Å². The van der Waals surface area contributed by atoms with Gasteiger partial charge in [-0.25, -0.2) is 18.2 Å². The molecule has 1 aliphatic carbocycles. The van der Waals surface area contributed by atoms with E-state index in [1.54, 1.807) is 6.92 Å². The number of alkyl halides is 2. The van der Waals surface area contributed by atoms with E-state index < -0.39 is 48.0 Å². The molecule has 2 aromatic rings. The molecule has 0 unspecified atom stereocenters. The number of carbonyl (C=O) groups excluding carboxylic acids is 3. The largest absolute Gasteiger partial charge is 0.369 e. The lowest BCUT2D eigenvalue weighted by Crippen LogP contribution is -2.73. The van der Waals surface area contributed by atoms with Gasteiger partial charge in [-0.2, -0.15) is 0 Å². The summed E-state index contributed by atoms with van der Waals surface area (Å²) in [6.45, 7) is 1.20. The molecule has 0 radical (unpaired) electrons. The minimum atomic E-state index is -2.62. The highest BCUT2D eigenvalue weighted by molar-refractivity contribution is 6.10. The predicted molar refractivity (Wildman–Crippen MR) is 108 cm³/mol. The number of nitrogens with two attached hydrogens (primary N) is 1. The molecule has 0 atom stereocenters. The summed E-state index contributed by atoms with van der Waals surface area (Å²) in [4.78, 5) is 44.6. The fourth-order valence-corrected chi connectivity index (χ4v) is 4.34. The number of piperazine rings is 1. The first kappa shape index (κ1) is 21.8. The van der Waals surface area contributed by atoms with Gasteiger partial charge in [-0.3, -0.25) is 19.3 Å². The molecule has 1 aliphatic heterocycles. The Bertz CT molecular complexity index is 1080. The minimum Gasteiger partial charge on any atom is -0.369 e. The van der Waals surface area contributed by atoms with E-state index in [2.05, 4.69) is 4.98 Å². The number of halogens is 3. The molecular weight excluding hydrogens is 425 g/mol. The van der Waals surface area contributed by atoms with E-state index in [0.717, 1.165) is 4.90 Å². The highest BCUT2D eigenvalue weighted by Crippen LogP contribution is 2.47. The molecular formula is C22H21F3N4O3. The molecule has 2 N–H and O–H groups in total. The predicted octanol–water partition coefficient (Wildman–Crippen LogP) is 2.48. The molecule has 1 aromatic carbocycles. The van der Waals surface area contributed by atoms with Crippen molar-refractivity contribution in [1.82, 2.24) is 9.88 Å². The third kappa shape index (κ3) is 3.59. The molecule has 2 fully saturated rings. The Balaban J connectivity index is 1.67. The third-order valence-electron chi connectivity index (χ3n) is 6.11. The van der Waals surface area contributed by atoms with Crippen LogP contribution in [0.1, 0.15) is 36.0 Å². The van der Waals surface area contributed by atoms with E-state index in [0.29, 0.717) is 11.1 Å². The van der Waals surface area contributed by atoms with Crippen LogP contribution in [0.4, 0.5) is 19.0 Å². The molecule has 10 heteroatoms. The maximum atomic E-state index is 14.5. The number of hydrogen-bond donors (Lipinski definition) is 1. The maximum absolute atomic E-state index is 14.5. The van der Waals surface area contributed by atoms with Gasteiger partial charge >= 0.3 is 0 Å². The summed E-state index contributed by atoms with van der Waals surface area (Å²) in [5.41, 5.74) is 4.95. The Morgan fingerprint density at radius 2 is 1.91 bits per heavy atom. The van der Waals surface area contributed by atoms with Gasteiger partial charge in [0.05, 0.1) is 0 Å². The van der Waals surface area contributed by atoms with Crippen molar-refractivity contribution < 1.29 is 27.6 Å². The van der Waals surface area contributed by atoms with Crippen molar-refractivity contribution in [2.75, 3.05) is 11.4 Å². The van der Waals surface area contributed by atoms with Crippen LogP contribution in [0.3, 0.4) is 0 Å². The van der Waals surface area contributed by atoms with E-state index in [9.17, 15) is 27.6 Å². The van der Waals surface area contributed by atoms with Gasteiger partial charge in [-0.15, -0.1) is 0 Å². The summed E-state index contributed by atoms with van der Waals surface area (Å²) in [7, 11) is 0. The van der Waals surface area contributed by atoms with Gasteiger partial charge in [0.25, 0.3) is 12.3 Å². The Hall–Kier alpha value is -3.43. The summed E-state index contributed by atoms with van der Waals surface area (Å²) in [6.07, 6.45) is -1.22. The van der Waals surface area contributed by atoms with Gasteiger partial charge in [0.1, 0.15) is 12.1 Å². The summed E-state index contributed by atoms with van der Waals surface area (Å²) < 4.78 is 40.2. The molecule has 1 spiro atoms. The number of carbonyl (C=O) groups is 3. The van der Waals surface area contributed by atoms with Crippen LogP contribution in [0.5, 0.6) is 0 Å². The Morgan fingerprint density at radius 1 is 1.25 bits per heavy atom. The zero-order chi connectivity index (χ0) is 23.2. The zero-order valence-electron chi connectivity index (χ0n) is 17.2. The number of aromatic nitrogens is 1. The quantitative estimate of drug-likeness (QED) is 0.763. The Morgan fingerprint density at radius 3 is 2.47 bits per heavy atom. The summed E-state index contributed by atoms with van der Waals surface area (Å²) in [5, 5.41) is 0. The SMILES string of the molecule is Cc1cnc(N2CC(=O)N(Cc3ccc(C(F)F)cc3)C3(CC(C(N)=O)C3)C2=O)c(F)c1. The number of anilines is 1. The molecule has 1 aromatic heterocycles. The van der Waals surface area contributed by atoms with Crippen molar-refractivity contribution in [3.05, 3.63) is 59.0 Å². The normalized spacial score (nSPS) is 23.1. The molecule has 2 heterocycles. The maximum Gasteiger partial charge on any atom is 0.263 e. The van der Waals surface area contributed by atoms with Gasteiger partial charge in [-0.05, 0) is 37.0 Å².